The Kier molecular flexibility index (Phi) is 9.66. The number of ether oxygens (including phenoxy) is 1. The largest absolute Gasteiger partial charge is 0.484 e. The van der Waals surface area contributed by atoms with Crippen LogP contribution in [0.4, 0.5) is 0 Å². The number of carbonyl (C=O) groups is 2. The molecule has 1 saturated carbocycles. The Morgan fingerprint density at radius 3 is 2.26 bits per heavy atom. The van der Waals surface area contributed by atoms with Crippen LogP contribution in [-0.2, 0) is 16.1 Å². The Morgan fingerprint density at radius 1 is 1.06 bits per heavy atom. The van der Waals surface area contributed by atoms with E-state index in [9.17, 15) is 9.59 Å². The first-order valence-electron chi connectivity index (χ1n) is 12.0. The van der Waals surface area contributed by atoms with Gasteiger partial charge in [0.25, 0.3) is 5.91 Å². The normalized spacial score (nSPS) is 15.0. The standard InChI is InChI=1S/C27H34Cl2N2O3/c1-4-25(27(33)30-20-9-6-5-7-10-20)31(16-22-23(28)11-8-12-24(22)29)26(32)17-34-21-14-18(2)13-19(3)15-21/h8,11-15,20,25H,4-7,9-10,16-17H2,1-3H3,(H,30,33). The molecule has 7 heteroatoms. The summed E-state index contributed by atoms with van der Waals surface area (Å²) in [5.41, 5.74) is 2.73. The second-order valence-electron chi connectivity index (χ2n) is 9.10. The van der Waals surface area contributed by atoms with Gasteiger partial charge in [-0.2, -0.15) is 0 Å². The Labute approximate surface area is 212 Å². The minimum atomic E-state index is -0.649. The van der Waals surface area contributed by atoms with Crippen molar-refractivity contribution in [2.24, 2.45) is 0 Å². The smallest absolute Gasteiger partial charge is 0.261 e. The zero-order valence-electron chi connectivity index (χ0n) is 20.2. The fourth-order valence-electron chi connectivity index (χ4n) is 4.56. The molecule has 0 bridgehead atoms. The highest BCUT2D eigenvalue weighted by Crippen LogP contribution is 2.27. The SMILES string of the molecule is CCC(C(=O)NC1CCCCC1)N(Cc1c(Cl)cccc1Cl)C(=O)COc1cc(C)cc(C)c1. The lowest BCUT2D eigenvalue weighted by atomic mass is 9.95. The first-order chi connectivity index (χ1) is 16.3. The molecule has 184 valence electrons. The van der Waals surface area contributed by atoms with Crippen LogP contribution in [0.2, 0.25) is 10.0 Å². The molecule has 0 aliphatic heterocycles. The van der Waals surface area contributed by atoms with Crippen molar-refractivity contribution in [1.82, 2.24) is 10.2 Å². The quantitative estimate of drug-likeness (QED) is 0.439. The zero-order chi connectivity index (χ0) is 24.7. The van der Waals surface area contributed by atoms with Crippen LogP contribution >= 0.6 is 23.2 Å². The van der Waals surface area contributed by atoms with Crippen molar-refractivity contribution in [1.29, 1.82) is 0 Å². The van der Waals surface area contributed by atoms with Crippen molar-refractivity contribution in [2.75, 3.05) is 6.61 Å². The van der Waals surface area contributed by atoms with Gasteiger partial charge in [0.1, 0.15) is 11.8 Å². The first-order valence-corrected chi connectivity index (χ1v) is 12.8. The molecule has 0 saturated heterocycles. The maximum absolute atomic E-state index is 13.4. The number of hydrogen-bond acceptors (Lipinski definition) is 3. The minimum Gasteiger partial charge on any atom is -0.484 e. The number of amides is 2. The van der Waals surface area contributed by atoms with Gasteiger partial charge in [0.15, 0.2) is 6.61 Å². The van der Waals surface area contributed by atoms with E-state index in [1.165, 1.54) is 6.42 Å². The number of benzene rings is 2. The molecule has 1 N–H and O–H groups in total. The second kappa shape index (κ2) is 12.5. The van der Waals surface area contributed by atoms with Crippen molar-refractivity contribution < 1.29 is 14.3 Å². The van der Waals surface area contributed by atoms with Crippen LogP contribution in [0, 0.1) is 13.8 Å². The highest BCUT2D eigenvalue weighted by molar-refractivity contribution is 6.36. The summed E-state index contributed by atoms with van der Waals surface area (Å²) >= 11 is 12.8. The van der Waals surface area contributed by atoms with Crippen LogP contribution in [0.15, 0.2) is 36.4 Å². The van der Waals surface area contributed by atoms with Crippen molar-refractivity contribution in [3.8, 4) is 5.75 Å². The minimum absolute atomic E-state index is 0.129. The van der Waals surface area contributed by atoms with E-state index in [-0.39, 0.29) is 31.0 Å². The lowest BCUT2D eigenvalue weighted by Gasteiger charge is -2.33. The van der Waals surface area contributed by atoms with Gasteiger partial charge in [0, 0.05) is 28.2 Å². The molecule has 2 aromatic carbocycles. The molecule has 2 amide bonds. The number of halogens is 2. The van der Waals surface area contributed by atoms with Gasteiger partial charge in [-0.05, 0) is 68.5 Å². The van der Waals surface area contributed by atoms with Crippen molar-refractivity contribution in [3.63, 3.8) is 0 Å². The van der Waals surface area contributed by atoms with Crippen molar-refractivity contribution >= 4 is 35.0 Å². The average Bonchev–Trinajstić information content (AvgIpc) is 2.79. The number of carbonyl (C=O) groups excluding carboxylic acids is 2. The third-order valence-corrected chi connectivity index (χ3v) is 6.99. The van der Waals surface area contributed by atoms with Gasteiger partial charge in [-0.25, -0.2) is 0 Å². The van der Waals surface area contributed by atoms with E-state index in [0.29, 0.717) is 27.8 Å². The molecule has 1 unspecified atom stereocenters. The highest BCUT2D eigenvalue weighted by atomic mass is 35.5. The topological polar surface area (TPSA) is 58.6 Å². The summed E-state index contributed by atoms with van der Waals surface area (Å²) in [5.74, 6) is 0.194. The lowest BCUT2D eigenvalue weighted by molar-refractivity contribution is -0.143. The Bertz CT molecular complexity index is 965. The van der Waals surface area contributed by atoms with Crippen LogP contribution in [0.1, 0.15) is 62.1 Å². The zero-order valence-corrected chi connectivity index (χ0v) is 21.7. The van der Waals surface area contributed by atoms with Crippen LogP contribution in [0.25, 0.3) is 0 Å². The summed E-state index contributed by atoms with van der Waals surface area (Å²) in [6.07, 6.45) is 5.85. The van der Waals surface area contributed by atoms with Gasteiger partial charge in [-0.15, -0.1) is 0 Å². The molecule has 0 spiro atoms. The summed E-state index contributed by atoms with van der Waals surface area (Å²) in [5, 5.41) is 4.09. The second-order valence-corrected chi connectivity index (χ2v) is 9.92. The molecule has 0 radical (unpaired) electrons. The van der Waals surface area contributed by atoms with Gasteiger partial charge in [0.2, 0.25) is 5.91 Å². The summed E-state index contributed by atoms with van der Waals surface area (Å²) in [7, 11) is 0. The maximum Gasteiger partial charge on any atom is 0.261 e. The van der Waals surface area contributed by atoms with E-state index in [4.69, 9.17) is 27.9 Å². The molecule has 0 aromatic heterocycles. The Morgan fingerprint density at radius 2 is 1.68 bits per heavy atom. The maximum atomic E-state index is 13.4. The fourth-order valence-corrected chi connectivity index (χ4v) is 5.08. The highest BCUT2D eigenvalue weighted by Gasteiger charge is 2.31. The summed E-state index contributed by atoms with van der Waals surface area (Å²) < 4.78 is 5.84. The number of nitrogens with one attached hydrogen (secondary N) is 1. The van der Waals surface area contributed by atoms with Crippen LogP contribution in [0.3, 0.4) is 0 Å². The summed E-state index contributed by atoms with van der Waals surface area (Å²) in [4.78, 5) is 28.3. The van der Waals surface area contributed by atoms with E-state index in [2.05, 4.69) is 5.32 Å². The molecular weight excluding hydrogens is 471 g/mol. The van der Waals surface area contributed by atoms with Gasteiger partial charge >= 0.3 is 0 Å². The van der Waals surface area contributed by atoms with Gasteiger partial charge in [-0.1, -0.05) is 61.5 Å². The molecule has 1 atom stereocenters. The molecular formula is C27H34Cl2N2O3. The van der Waals surface area contributed by atoms with Crippen LogP contribution < -0.4 is 10.1 Å². The number of nitrogens with zero attached hydrogens (tertiary/aromatic N) is 1. The summed E-state index contributed by atoms with van der Waals surface area (Å²) in [6.45, 7) is 5.82. The predicted octanol–water partition coefficient (Wildman–Crippen LogP) is 6.25. The Balaban J connectivity index is 1.82. The summed E-state index contributed by atoms with van der Waals surface area (Å²) in [6, 6.07) is 10.6. The van der Waals surface area contributed by atoms with Gasteiger partial charge in [-0.3, -0.25) is 9.59 Å². The van der Waals surface area contributed by atoms with E-state index in [1.807, 2.05) is 39.0 Å². The molecule has 1 fully saturated rings. The third-order valence-electron chi connectivity index (χ3n) is 6.29. The molecule has 1 aliphatic carbocycles. The van der Waals surface area contributed by atoms with Gasteiger partial charge < -0.3 is 15.0 Å². The molecule has 5 nitrogen and oxygen atoms in total. The first kappa shape index (κ1) is 26.4. The third kappa shape index (κ3) is 7.13. The molecule has 0 heterocycles. The average molecular weight is 505 g/mol. The number of aryl methyl sites for hydroxylation is 2. The molecule has 2 aromatic rings. The predicted molar refractivity (Wildman–Crippen MR) is 138 cm³/mol. The molecule has 34 heavy (non-hydrogen) atoms. The van der Waals surface area contributed by atoms with Crippen molar-refractivity contribution in [3.05, 3.63) is 63.1 Å². The van der Waals surface area contributed by atoms with Gasteiger partial charge in [0.05, 0.1) is 0 Å². The molecule has 3 rings (SSSR count). The van der Waals surface area contributed by atoms with Crippen LogP contribution in [-0.4, -0.2) is 35.4 Å². The number of hydrogen-bond donors (Lipinski definition) is 1. The van der Waals surface area contributed by atoms with E-state index < -0.39 is 6.04 Å². The monoisotopic (exact) mass is 504 g/mol. The van der Waals surface area contributed by atoms with E-state index in [0.717, 1.165) is 36.8 Å². The van der Waals surface area contributed by atoms with Crippen LogP contribution in [0.5, 0.6) is 5.75 Å². The van der Waals surface area contributed by atoms with E-state index >= 15 is 0 Å². The Hall–Kier alpha value is -2.24. The lowest BCUT2D eigenvalue weighted by Crippen LogP contribution is -2.52. The molecule has 1 aliphatic rings. The van der Waals surface area contributed by atoms with E-state index in [1.54, 1.807) is 23.1 Å². The van der Waals surface area contributed by atoms with Crippen molar-refractivity contribution in [2.45, 2.75) is 77.9 Å². The fraction of sp³-hybridized carbons (Fsp3) is 0.481. The number of rotatable bonds is 9.